The number of nitrogens with one attached hydrogen (secondary N) is 3. The van der Waals surface area contributed by atoms with Crippen LogP contribution >= 0.6 is 12.4 Å². The maximum atomic E-state index is 11.6. The van der Waals surface area contributed by atoms with E-state index >= 15 is 0 Å². The first kappa shape index (κ1) is 17.4. The Balaban J connectivity index is 0.00000324. The second-order valence-corrected chi connectivity index (χ2v) is 4.11. The fraction of sp³-hybridized carbons (Fsp3) is 0.385. The molecule has 0 aliphatic rings. The fourth-order valence-corrected chi connectivity index (χ4v) is 1.49. The molecule has 5 nitrogen and oxygen atoms in total. The van der Waals surface area contributed by atoms with Gasteiger partial charge < -0.3 is 16.0 Å². The van der Waals surface area contributed by atoms with E-state index in [1.807, 2.05) is 19.1 Å². The highest BCUT2D eigenvalue weighted by atomic mass is 35.5. The Morgan fingerprint density at radius 1 is 1.21 bits per heavy atom. The van der Waals surface area contributed by atoms with Gasteiger partial charge in [0.05, 0.1) is 0 Å². The Hall–Kier alpha value is -1.59. The predicted octanol–water partition coefficient (Wildman–Crippen LogP) is 1.92. The molecule has 0 spiro atoms. The number of carbonyl (C=O) groups is 2. The summed E-state index contributed by atoms with van der Waals surface area (Å²) in [6.45, 7) is 3.99. The van der Waals surface area contributed by atoms with E-state index in [2.05, 4.69) is 16.0 Å². The summed E-state index contributed by atoms with van der Waals surface area (Å²) >= 11 is 0. The van der Waals surface area contributed by atoms with E-state index in [-0.39, 0.29) is 24.2 Å². The third kappa shape index (κ3) is 6.22. The summed E-state index contributed by atoms with van der Waals surface area (Å²) in [4.78, 5) is 22.6. The lowest BCUT2D eigenvalue weighted by Gasteiger charge is -2.10. The Labute approximate surface area is 119 Å². The minimum absolute atomic E-state index is 0. The van der Waals surface area contributed by atoms with E-state index in [9.17, 15) is 9.59 Å². The summed E-state index contributed by atoms with van der Waals surface area (Å²) in [6, 6.07) is 5.44. The SMILES string of the molecule is CNCCC(=O)Nc1ccc(C)c(NC(C)=O)c1.Cl. The minimum Gasteiger partial charge on any atom is -0.326 e. The molecule has 0 bridgehead atoms. The molecule has 106 valence electrons. The van der Waals surface area contributed by atoms with Crippen LogP contribution in [-0.4, -0.2) is 25.4 Å². The lowest BCUT2D eigenvalue weighted by molar-refractivity contribution is -0.116. The Morgan fingerprint density at radius 2 is 1.89 bits per heavy atom. The summed E-state index contributed by atoms with van der Waals surface area (Å²) in [5.41, 5.74) is 2.36. The van der Waals surface area contributed by atoms with E-state index in [1.165, 1.54) is 6.92 Å². The van der Waals surface area contributed by atoms with Gasteiger partial charge >= 0.3 is 0 Å². The van der Waals surface area contributed by atoms with Gasteiger partial charge in [-0.1, -0.05) is 6.07 Å². The van der Waals surface area contributed by atoms with Crippen molar-refractivity contribution in [2.24, 2.45) is 0 Å². The van der Waals surface area contributed by atoms with Crippen molar-refractivity contribution in [2.45, 2.75) is 20.3 Å². The third-order valence-corrected chi connectivity index (χ3v) is 2.43. The molecule has 0 atom stereocenters. The van der Waals surface area contributed by atoms with Gasteiger partial charge in [0, 0.05) is 31.3 Å². The van der Waals surface area contributed by atoms with Crippen LogP contribution in [-0.2, 0) is 9.59 Å². The number of benzene rings is 1. The smallest absolute Gasteiger partial charge is 0.225 e. The van der Waals surface area contributed by atoms with Gasteiger partial charge in [-0.25, -0.2) is 0 Å². The highest BCUT2D eigenvalue weighted by molar-refractivity contribution is 5.94. The zero-order valence-electron chi connectivity index (χ0n) is 11.4. The van der Waals surface area contributed by atoms with E-state index in [0.717, 1.165) is 5.56 Å². The zero-order valence-corrected chi connectivity index (χ0v) is 12.2. The van der Waals surface area contributed by atoms with E-state index in [1.54, 1.807) is 13.1 Å². The van der Waals surface area contributed by atoms with Crippen molar-refractivity contribution in [3.8, 4) is 0 Å². The van der Waals surface area contributed by atoms with Crippen molar-refractivity contribution in [3.63, 3.8) is 0 Å². The highest BCUT2D eigenvalue weighted by Crippen LogP contribution is 2.20. The molecule has 1 aromatic rings. The molecule has 0 aliphatic carbocycles. The predicted molar refractivity (Wildman–Crippen MR) is 79.9 cm³/mol. The first-order valence-electron chi connectivity index (χ1n) is 5.85. The fourth-order valence-electron chi connectivity index (χ4n) is 1.49. The monoisotopic (exact) mass is 285 g/mol. The molecule has 1 rings (SSSR count). The average molecular weight is 286 g/mol. The zero-order chi connectivity index (χ0) is 13.5. The first-order chi connectivity index (χ1) is 8.52. The van der Waals surface area contributed by atoms with E-state index < -0.39 is 0 Å². The van der Waals surface area contributed by atoms with Crippen LogP contribution in [0.25, 0.3) is 0 Å². The lowest BCUT2D eigenvalue weighted by atomic mass is 10.1. The van der Waals surface area contributed by atoms with Crippen molar-refractivity contribution in [1.29, 1.82) is 0 Å². The van der Waals surface area contributed by atoms with Gasteiger partial charge in [0.2, 0.25) is 11.8 Å². The van der Waals surface area contributed by atoms with Crippen molar-refractivity contribution < 1.29 is 9.59 Å². The van der Waals surface area contributed by atoms with Crippen LogP contribution < -0.4 is 16.0 Å². The van der Waals surface area contributed by atoms with E-state index in [0.29, 0.717) is 24.3 Å². The Bertz CT molecular complexity index is 450. The first-order valence-corrected chi connectivity index (χ1v) is 5.85. The number of amides is 2. The van der Waals surface area contributed by atoms with Gasteiger partial charge in [-0.05, 0) is 31.7 Å². The number of halogens is 1. The van der Waals surface area contributed by atoms with Crippen LogP contribution in [0.15, 0.2) is 18.2 Å². The molecule has 6 heteroatoms. The van der Waals surface area contributed by atoms with Crippen molar-refractivity contribution in [3.05, 3.63) is 23.8 Å². The second-order valence-electron chi connectivity index (χ2n) is 4.11. The van der Waals surface area contributed by atoms with Gasteiger partial charge in [0.15, 0.2) is 0 Å². The van der Waals surface area contributed by atoms with Gasteiger partial charge in [-0.2, -0.15) is 0 Å². The average Bonchev–Trinajstić information content (AvgIpc) is 2.30. The lowest BCUT2D eigenvalue weighted by Crippen LogP contribution is -2.18. The van der Waals surface area contributed by atoms with Crippen LogP contribution in [0.2, 0.25) is 0 Å². The molecule has 3 N–H and O–H groups in total. The van der Waals surface area contributed by atoms with Crippen molar-refractivity contribution in [1.82, 2.24) is 5.32 Å². The molecular weight excluding hydrogens is 266 g/mol. The summed E-state index contributed by atoms with van der Waals surface area (Å²) in [5.74, 6) is -0.182. The van der Waals surface area contributed by atoms with Crippen LogP contribution in [0.1, 0.15) is 18.9 Å². The maximum Gasteiger partial charge on any atom is 0.225 e. The molecule has 2 amide bonds. The molecule has 1 aromatic carbocycles. The maximum absolute atomic E-state index is 11.6. The number of carbonyl (C=O) groups excluding carboxylic acids is 2. The number of hydrogen-bond acceptors (Lipinski definition) is 3. The van der Waals surface area contributed by atoms with Crippen LogP contribution in [0.5, 0.6) is 0 Å². The van der Waals surface area contributed by atoms with Gasteiger partial charge in [0.1, 0.15) is 0 Å². The summed E-state index contributed by atoms with van der Waals surface area (Å²) in [7, 11) is 1.80. The number of hydrogen-bond donors (Lipinski definition) is 3. The largest absolute Gasteiger partial charge is 0.326 e. The van der Waals surface area contributed by atoms with Crippen LogP contribution in [0.3, 0.4) is 0 Å². The Morgan fingerprint density at radius 3 is 2.47 bits per heavy atom. The van der Waals surface area contributed by atoms with E-state index in [4.69, 9.17) is 0 Å². The minimum atomic E-state index is -0.128. The van der Waals surface area contributed by atoms with Crippen LogP contribution in [0, 0.1) is 6.92 Å². The number of rotatable bonds is 5. The normalized spacial score (nSPS) is 9.42. The second kappa shape index (κ2) is 8.50. The molecule has 0 aromatic heterocycles. The highest BCUT2D eigenvalue weighted by Gasteiger charge is 2.05. The van der Waals surface area contributed by atoms with Crippen molar-refractivity contribution >= 4 is 35.6 Å². The molecule has 0 saturated heterocycles. The molecular formula is C13H20ClN3O2. The van der Waals surface area contributed by atoms with Crippen molar-refractivity contribution in [2.75, 3.05) is 24.2 Å². The topological polar surface area (TPSA) is 70.2 Å². The number of anilines is 2. The Kier molecular flexibility index (Phi) is 7.79. The van der Waals surface area contributed by atoms with Crippen LogP contribution in [0.4, 0.5) is 11.4 Å². The summed E-state index contributed by atoms with van der Waals surface area (Å²) in [5, 5.41) is 8.43. The number of aryl methyl sites for hydroxylation is 1. The van der Waals surface area contributed by atoms with Gasteiger partial charge in [0.25, 0.3) is 0 Å². The molecule has 0 unspecified atom stereocenters. The molecule has 0 saturated carbocycles. The summed E-state index contributed by atoms with van der Waals surface area (Å²) < 4.78 is 0. The molecule has 0 heterocycles. The molecule has 0 radical (unpaired) electrons. The van der Waals surface area contributed by atoms with Gasteiger partial charge in [-0.3, -0.25) is 9.59 Å². The third-order valence-electron chi connectivity index (χ3n) is 2.43. The summed E-state index contributed by atoms with van der Waals surface area (Å²) in [6.07, 6.45) is 0.417. The molecule has 0 fully saturated rings. The van der Waals surface area contributed by atoms with Gasteiger partial charge in [-0.15, -0.1) is 12.4 Å². The quantitative estimate of drug-likeness (QED) is 0.774. The standard InChI is InChI=1S/C13H19N3O2.ClH/c1-9-4-5-11(8-12(9)15-10(2)17)16-13(18)6-7-14-3;/h4-5,8,14H,6-7H2,1-3H3,(H,15,17)(H,16,18);1H. The molecule has 19 heavy (non-hydrogen) atoms. The molecule has 0 aliphatic heterocycles.